The molecule has 2 aromatic carbocycles. The number of unbranched alkanes of at least 4 members (excludes halogenated alkanes) is 3. The van der Waals surface area contributed by atoms with Crippen molar-refractivity contribution < 1.29 is 22.7 Å². The number of nitrogens with one attached hydrogen (secondary N) is 2. The zero-order chi connectivity index (χ0) is 20.4. The lowest BCUT2D eigenvalue weighted by atomic mass is 10.2. The molecule has 0 radical (unpaired) electrons. The van der Waals surface area contributed by atoms with E-state index >= 15 is 0 Å². The lowest BCUT2D eigenvalue weighted by Crippen LogP contribution is -2.22. The second-order valence-corrected chi connectivity index (χ2v) is 6.41. The van der Waals surface area contributed by atoms with Gasteiger partial charge < -0.3 is 15.4 Å². The highest BCUT2D eigenvalue weighted by molar-refractivity contribution is 5.93. The second-order valence-electron chi connectivity index (χ2n) is 6.41. The summed E-state index contributed by atoms with van der Waals surface area (Å²) in [5.74, 6) is 0.325. The number of hydrogen-bond donors (Lipinski definition) is 2. The maximum atomic E-state index is 12.7. The molecule has 152 valence electrons. The maximum absolute atomic E-state index is 12.7. The van der Waals surface area contributed by atoms with Crippen LogP contribution >= 0.6 is 0 Å². The molecule has 0 bridgehead atoms. The van der Waals surface area contributed by atoms with Crippen LogP contribution in [0.4, 0.5) is 24.5 Å². The summed E-state index contributed by atoms with van der Waals surface area (Å²) in [5, 5.41) is 5.39. The van der Waals surface area contributed by atoms with Gasteiger partial charge in [-0.1, -0.05) is 32.3 Å². The molecule has 0 fully saturated rings. The summed E-state index contributed by atoms with van der Waals surface area (Å²) >= 11 is 0. The van der Waals surface area contributed by atoms with Crippen molar-refractivity contribution in [3.8, 4) is 5.75 Å². The Morgan fingerprint density at radius 2 is 1.75 bits per heavy atom. The molecule has 0 atom stereocenters. The molecule has 0 aliphatic heterocycles. The zero-order valence-corrected chi connectivity index (χ0v) is 15.8. The van der Waals surface area contributed by atoms with Crippen LogP contribution in [-0.2, 0) is 11.0 Å². The molecule has 0 unspecified atom stereocenters. The highest BCUT2D eigenvalue weighted by Crippen LogP contribution is 2.30. The third-order valence-corrected chi connectivity index (χ3v) is 4.05. The summed E-state index contributed by atoms with van der Waals surface area (Å²) in [5.41, 5.74) is 0.0227. The molecule has 0 spiro atoms. The SMILES string of the molecule is CCCCCCOc1ccc(NCC(=O)Nc2cccc(C(F)(F)F)c2)cc1. The number of anilines is 2. The van der Waals surface area contributed by atoms with Gasteiger partial charge in [-0.25, -0.2) is 0 Å². The Bertz CT molecular complexity index is 746. The molecule has 0 aromatic heterocycles. The number of rotatable bonds is 10. The van der Waals surface area contributed by atoms with E-state index in [2.05, 4.69) is 17.6 Å². The van der Waals surface area contributed by atoms with E-state index in [9.17, 15) is 18.0 Å². The number of halogens is 3. The summed E-state index contributed by atoms with van der Waals surface area (Å²) in [6.07, 6.45) is 0.107. The Balaban J connectivity index is 1.77. The first-order valence-corrected chi connectivity index (χ1v) is 9.32. The van der Waals surface area contributed by atoms with Gasteiger partial charge in [-0.15, -0.1) is 0 Å². The molecule has 0 aliphatic carbocycles. The molecule has 2 N–H and O–H groups in total. The fraction of sp³-hybridized carbons (Fsp3) is 0.381. The number of ether oxygens (including phenoxy) is 1. The van der Waals surface area contributed by atoms with E-state index in [-0.39, 0.29) is 12.2 Å². The van der Waals surface area contributed by atoms with Crippen LogP contribution < -0.4 is 15.4 Å². The van der Waals surface area contributed by atoms with Crippen molar-refractivity contribution in [2.24, 2.45) is 0 Å². The lowest BCUT2D eigenvalue weighted by Gasteiger charge is -2.11. The minimum atomic E-state index is -4.45. The van der Waals surface area contributed by atoms with E-state index < -0.39 is 17.6 Å². The lowest BCUT2D eigenvalue weighted by molar-refractivity contribution is -0.137. The van der Waals surface area contributed by atoms with E-state index in [4.69, 9.17) is 4.74 Å². The van der Waals surface area contributed by atoms with E-state index in [1.807, 2.05) is 12.1 Å². The molecule has 2 aromatic rings. The van der Waals surface area contributed by atoms with Crippen LogP contribution in [0, 0.1) is 0 Å². The van der Waals surface area contributed by atoms with Gasteiger partial charge in [0, 0.05) is 11.4 Å². The first-order valence-electron chi connectivity index (χ1n) is 9.32. The minimum Gasteiger partial charge on any atom is -0.494 e. The van der Waals surface area contributed by atoms with Gasteiger partial charge in [0.25, 0.3) is 0 Å². The first-order chi connectivity index (χ1) is 13.4. The van der Waals surface area contributed by atoms with Crippen LogP contribution in [0.5, 0.6) is 5.75 Å². The Kier molecular flexibility index (Phi) is 8.17. The number of carbonyl (C=O) groups is 1. The Morgan fingerprint density at radius 3 is 2.43 bits per heavy atom. The van der Waals surface area contributed by atoms with Gasteiger partial charge >= 0.3 is 6.18 Å². The Labute approximate surface area is 163 Å². The molecule has 7 heteroatoms. The summed E-state index contributed by atoms with van der Waals surface area (Å²) in [7, 11) is 0. The molecule has 2 rings (SSSR count). The van der Waals surface area contributed by atoms with E-state index in [1.54, 1.807) is 12.1 Å². The van der Waals surface area contributed by atoms with Crippen molar-refractivity contribution in [3.63, 3.8) is 0 Å². The minimum absolute atomic E-state index is 0.0620. The third kappa shape index (κ3) is 7.50. The standard InChI is InChI=1S/C21H25F3N2O2/c1-2-3-4-5-13-28-19-11-9-17(10-12-19)25-15-20(27)26-18-8-6-7-16(14-18)21(22,23)24/h6-12,14,25H,2-5,13,15H2,1H3,(H,26,27). The van der Waals surface area contributed by atoms with Crippen molar-refractivity contribution >= 4 is 17.3 Å². The molecular weight excluding hydrogens is 369 g/mol. The van der Waals surface area contributed by atoms with Crippen LogP contribution in [0.2, 0.25) is 0 Å². The van der Waals surface area contributed by atoms with Crippen molar-refractivity contribution in [2.45, 2.75) is 38.8 Å². The average Bonchev–Trinajstić information content (AvgIpc) is 2.67. The van der Waals surface area contributed by atoms with Gasteiger partial charge in [0.1, 0.15) is 5.75 Å². The van der Waals surface area contributed by atoms with Crippen LogP contribution in [0.15, 0.2) is 48.5 Å². The molecule has 0 saturated heterocycles. The summed E-state index contributed by atoms with van der Waals surface area (Å²) in [6, 6.07) is 11.7. The van der Waals surface area contributed by atoms with Crippen molar-refractivity contribution in [1.82, 2.24) is 0 Å². The molecular formula is C21H25F3N2O2. The van der Waals surface area contributed by atoms with Gasteiger partial charge in [0.05, 0.1) is 18.7 Å². The van der Waals surface area contributed by atoms with Crippen molar-refractivity contribution in [3.05, 3.63) is 54.1 Å². The molecule has 0 heterocycles. The Hall–Kier alpha value is -2.70. The number of carbonyl (C=O) groups excluding carboxylic acids is 1. The monoisotopic (exact) mass is 394 g/mol. The predicted molar refractivity (Wildman–Crippen MR) is 105 cm³/mol. The van der Waals surface area contributed by atoms with Crippen LogP contribution in [-0.4, -0.2) is 19.1 Å². The molecule has 0 aliphatic rings. The van der Waals surface area contributed by atoms with Gasteiger partial charge in [0.15, 0.2) is 0 Å². The fourth-order valence-electron chi connectivity index (χ4n) is 2.55. The zero-order valence-electron chi connectivity index (χ0n) is 15.8. The number of benzene rings is 2. The predicted octanol–water partition coefficient (Wildman–Crippen LogP) is 5.72. The highest BCUT2D eigenvalue weighted by atomic mass is 19.4. The summed E-state index contributed by atoms with van der Waals surface area (Å²) in [6.45, 7) is 2.77. The Morgan fingerprint density at radius 1 is 1.00 bits per heavy atom. The van der Waals surface area contributed by atoms with E-state index in [0.717, 1.165) is 36.4 Å². The van der Waals surface area contributed by atoms with Gasteiger partial charge in [-0.3, -0.25) is 4.79 Å². The van der Waals surface area contributed by atoms with Gasteiger partial charge in [-0.2, -0.15) is 13.2 Å². The summed E-state index contributed by atoms with van der Waals surface area (Å²) in [4.78, 5) is 12.0. The number of alkyl halides is 3. The molecule has 28 heavy (non-hydrogen) atoms. The fourth-order valence-corrected chi connectivity index (χ4v) is 2.55. The normalized spacial score (nSPS) is 11.1. The van der Waals surface area contributed by atoms with Crippen LogP contribution in [0.1, 0.15) is 38.2 Å². The van der Waals surface area contributed by atoms with Crippen molar-refractivity contribution in [2.75, 3.05) is 23.8 Å². The quantitative estimate of drug-likeness (QED) is 0.507. The number of amides is 1. The van der Waals surface area contributed by atoms with Crippen LogP contribution in [0.25, 0.3) is 0 Å². The smallest absolute Gasteiger partial charge is 0.416 e. The van der Waals surface area contributed by atoms with Gasteiger partial charge in [0.2, 0.25) is 5.91 Å². The maximum Gasteiger partial charge on any atom is 0.416 e. The van der Waals surface area contributed by atoms with E-state index in [0.29, 0.717) is 6.61 Å². The molecule has 4 nitrogen and oxygen atoms in total. The molecule has 0 saturated carbocycles. The van der Waals surface area contributed by atoms with Crippen molar-refractivity contribution in [1.29, 1.82) is 0 Å². The molecule has 1 amide bonds. The largest absolute Gasteiger partial charge is 0.494 e. The second kappa shape index (κ2) is 10.6. The summed E-state index contributed by atoms with van der Waals surface area (Å²) < 4.78 is 43.8. The highest BCUT2D eigenvalue weighted by Gasteiger charge is 2.30. The topological polar surface area (TPSA) is 50.4 Å². The first kappa shape index (κ1) is 21.6. The average molecular weight is 394 g/mol. The van der Waals surface area contributed by atoms with Gasteiger partial charge in [-0.05, 0) is 48.9 Å². The van der Waals surface area contributed by atoms with Crippen LogP contribution in [0.3, 0.4) is 0 Å². The number of hydrogen-bond acceptors (Lipinski definition) is 3. The van der Waals surface area contributed by atoms with E-state index in [1.165, 1.54) is 25.0 Å². The third-order valence-electron chi connectivity index (χ3n) is 4.05.